The van der Waals surface area contributed by atoms with Crippen molar-refractivity contribution in [3.8, 4) is 22.3 Å². The Morgan fingerprint density at radius 1 is 0.545 bits per heavy atom. The Bertz CT molecular complexity index is 1140. The third kappa shape index (κ3) is 6.38. The predicted molar refractivity (Wildman–Crippen MR) is 140 cm³/mol. The first kappa shape index (κ1) is 23.4. The molecule has 0 aliphatic heterocycles. The van der Waals surface area contributed by atoms with Gasteiger partial charge in [-0.25, -0.2) is 10.9 Å². The van der Waals surface area contributed by atoms with Crippen LogP contribution in [0.1, 0.15) is 11.1 Å². The quantitative estimate of drug-likeness (QED) is 0.192. The molecule has 0 aliphatic rings. The number of nitrogens with zero attached hydrogens (tertiary/aromatic N) is 2. The maximum absolute atomic E-state index is 8.01. The van der Waals surface area contributed by atoms with Crippen LogP contribution in [0, 0.1) is 5.41 Å². The average molecular weight is 454 g/mol. The van der Waals surface area contributed by atoms with E-state index in [4.69, 9.17) is 5.41 Å². The summed E-state index contributed by atoms with van der Waals surface area (Å²) in [5.41, 5.74) is 11.6. The Labute approximate surface area is 199 Å². The summed E-state index contributed by atoms with van der Waals surface area (Å²) in [6, 6.07) is 36.3. The first-order valence-corrected chi connectivity index (χ1v) is 10.3. The molecule has 0 unspecified atom stereocenters. The number of guanidine groups is 1. The van der Waals surface area contributed by atoms with Crippen LogP contribution in [-0.4, -0.2) is 18.4 Å². The molecule has 0 saturated heterocycles. The lowest BCUT2D eigenvalue weighted by atomic mass is 10.0. The van der Waals surface area contributed by atoms with Crippen molar-refractivity contribution in [3.63, 3.8) is 0 Å². The van der Waals surface area contributed by atoms with Gasteiger partial charge in [-0.1, -0.05) is 109 Å². The second-order valence-corrected chi connectivity index (χ2v) is 7.02. The Morgan fingerprint density at radius 2 is 0.909 bits per heavy atom. The van der Waals surface area contributed by atoms with Crippen LogP contribution in [0.3, 0.4) is 0 Å². The van der Waals surface area contributed by atoms with Crippen LogP contribution in [0.15, 0.2) is 119 Å². The second-order valence-electron chi connectivity index (χ2n) is 7.02. The van der Waals surface area contributed by atoms with Crippen LogP contribution < -0.4 is 10.9 Å². The van der Waals surface area contributed by atoms with Crippen molar-refractivity contribution in [1.29, 1.82) is 5.41 Å². The number of hydrogen-bond donors (Lipinski definition) is 3. The van der Waals surface area contributed by atoms with Crippen LogP contribution in [0.2, 0.25) is 0 Å². The molecule has 0 aromatic heterocycles. The molecule has 33 heavy (non-hydrogen) atoms. The van der Waals surface area contributed by atoms with E-state index in [2.05, 4.69) is 57.5 Å². The highest BCUT2D eigenvalue weighted by molar-refractivity contribution is 5.92. The molecule has 3 N–H and O–H groups in total. The fourth-order valence-corrected chi connectivity index (χ4v) is 3.34. The van der Waals surface area contributed by atoms with Crippen molar-refractivity contribution in [2.75, 3.05) is 0 Å². The minimum Gasteiger partial charge on any atom is -0.266 e. The molecule has 0 radical (unpaired) electrons. The lowest BCUT2D eigenvalue weighted by Crippen LogP contribution is -2.29. The number of nitrogens with one attached hydrogen (secondary N) is 3. The zero-order chi connectivity index (χ0) is 22.0. The summed E-state index contributed by atoms with van der Waals surface area (Å²) >= 11 is 0. The normalized spacial score (nSPS) is 10.7. The monoisotopic (exact) mass is 453 g/mol. The number of hydrazone groups is 2. The minimum absolute atomic E-state index is 0. The van der Waals surface area contributed by atoms with Gasteiger partial charge in [-0.3, -0.25) is 5.41 Å². The smallest absolute Gasteiger partial charge is 0.230 e. The largest absolute Gasteiger partial charge is 0.266 e. The van der Waals surface area contributed by atoms with Crippen molar-refractivity contribution in [1.82, 2.24) is 10.9 Å². The maximum atomic E-state index is 8.01. The van der Waals surface area contributed by atoms with Crippen molar-refractivity contribution in [3.05, 3.63) is 120 Å². The molecule has 4 aromatic carbocycles. The molecule has 0 spiro atoms. The van der Waals surface area contributed by atoms with Crippen LogP contribution in [-0.2, 0) is 0 Å². The molecule has 0 aliphatic carbocycles. The lowest BCUT2D eigenvalue weighted by Gasteiger charge is -2.07. The first-order chi connectivity index (χ1) is 15.8. The van der Waals surface area contributed by atoms with Gasteiger partial charge in [0.2, 0.25) is 5.96 Å². The Morgan fingerprint density at radius 3 is 1.33 bits per heavy atom. The molecule has 164 valence electrons. The molecular formula is C27H24ClN5. The maximum Gasteiger partial charge on any atom is 0.230 e. The molecular weight excluding hydrogens is 430 g/mol. The Balaban J connectivity index is 0.00000306. The zero-order valence-electron chi connectivity index (χ0n) is 17.8. The fourth-order valence-electron chi connectivity index (χ4n) is 3.34. The summed E-state index contributed by atoms with van der Waals surface area (Å²) in [5, 5.41) is 16.4. The second kappa shape index (κ2) is 12.0. The third-order valence-corrected chi connectivity index (χ3v) is 4.85. The van der Waals surface area contributed by atoms with Gasteiger partial charge in [0.05, 0.1) is 12.4 Å². The minimum atomic E-state index is -0.0214. The third-order valence-electron chi connectivity index (χ3n) is 4.85. The summed E-state index contributed by atoms with van der Waals surface area (Å²) in [5.74, 6) is -0.0214. The summed E-state index contributed by atoms with van der Waals surface area (Å²) in [6.45, 7) is 0. The summed E-state index contributed by atoms with van der Waals surface area (Å²) in [6.07, 6.45) is 3.40. The van der Waals surface area contributed by atoms with E-state index in [1.54, 1.807) is 12.4 Å². The highest BCUT2D eigenvalue weighted by atomic mass is 35.5. The molecule has 4 aromatic rings. The summed E-state index contributed by atoms with van der Waals surface area (Å²) in [4.78, 5) is 0. The van der Waals surface area contributed by atoms with Crippen LogP contribution >= 0.6 is 12.4 Å². The van der Waals surface area contributed by atoms with E-state index in [9.17, 15) is 0 Å². The van der Waals surface area contributed by atoms with Crippen molar-refractivity contribution < 1.29 is 0 Å². The molecule has 0 saturated carbocycles. The van der Waals surface area contributed by atoms with Crippen LogP contribution in [0.25, 0.3) is 22.3 Å². The molecule has 4 rings (SSSR count). The molecule has 0 heterocycles. The van der Waals surface area contributed by atoms with Crippen molar-refractivity contribution in [2.45, 2.75) is 0 Å². The molecule has 0 bridgehead atoms. The van der Waals surface area contributed by atoms with Gasteiger partial charge >= 0.3 is 0 Å². The van der Waals surface area contributed by atoms with Gasteiger partial charge in [-0.2, -0.15) is 10.2 Å². The summed E-state index contributed by atoms with van der Waals surface area (Å²) in [7, 11) is 0. The average Bonchev–Trinajstić information content (AvgIpc) is 2.86. The number of halogens is 1. The van der Waals surface area contributed by atoms with Gasteiger partial charge in [0, 0.05) is 11.1 Å². The molecule has 0 fully saturated rings. The SMILES string of the molecule is Cl.N=C(NN=Cc1ccccc1-c1ccccc1)NN=Cc1ccccc1-c1ccccc1. The van der Waals surface area contributed by atoms with Gasteiger partial charge in [-0.15, -0.1) is 12.4 Å². The molecule has 5 nitrogen and oxygen atoms in total. The Hall–Kier alpha value is -4.22. The van der Waals surface area contributed by atoms with Gasteiger partial charge < -0.3 is 0 Å². The number of hydrogen-bond acceptors (Lipinski definition) is 3. The van der Waals surface area contributed by atoms with E-state index < -0.39 is 0 Å². The van der Waals surface area contributed by atoms with Gasteiger partial charge in [0.1, 0.15) is 0 Å². The van der Waals surface area contributed by atoms with Crippen molar-refractivity contribution >= 4 is 30.8 Å². The van der Waals surface area contributed by atoms with Gasteiger partial charge in [0.25, 0.3) is 0 Å². The zero-order valence-corrected chi connectivity index (χ0v) is 18.7. The van der Waals surface area contributed by atoms with Crippen LogP contribution in [0.5, 0.6) is 0 Å². The highest BCUT2D eigenvalue weighted by Crippen LogP contribution is 2.22. The summed E-state index contributed by atoms with van der Waals surface area (Å²) < 4.78 is 0. The Kier molecular flexibility index (Phi) is 8.51. The van der Waals surface area contributed by atoms with E-state index in [0.717, 1.165) is 33.4 Å². The van der Waals surface area contributed by atoms with E-state index >= 15 is 0 Å². The topological polar surface area (TPSA) is 72.6 Å². The lowest BCUT2D eigenvalue weighted by molar-refractivity contribution is 0.893. The molecule has 0 amide bonds. The van der Waals surface area contributed by atoms with Crippen LogP contribution in [0.4, 0.5) is 0 Å². The molecule has 0 atom stereocenters. The van der Waals surface area contributed by atoms with Gasteiger partial charge in [-0.05, 0) is 22.3 Å². The van der Waals surface area contributed by atoms with E-state index in [0.29, 0.717) is 0 Å². The predicted octanol–water partition coefficient (Wildman–Crippen LogP) is 5.92. The van der Waals surface area contributed by atoms with E-state index in [1.165, 1.54) is 0 Å². The van der Waals surface area contributed by atoms with E-state index in [1.807, 2.05) is 72.8 Å². The number of rotatable bonds is 6. The fraction of sp³-hybridized carbons (Fsp3) is 0. The van der Waals surface area contributed by atoms with Gasteiger partial charge in [0.15, 0.2) is 0 Å². The standard InChI is InChI=1S/C27H23N5.ClH/c28-27(31-29-19-23-15-7-9-17-25(23)21-11-3-1-4-12-21)32-30-20-24-16-8-10-18-26(24)22-13-5-2-6-14-22;/h1-20H,(H3,28,31,32);1H. The highest BCUT2D eigenvalue weighted by Gasteiger charge is 2.03. The van der Waals surface area contributed by atoms with Crippen molar-refractivity contribution in [2.24, 2.45) is 10.2 Å². The number of benzene rings is 4. The first-order valence-electron chi connectivity index (χ1n) is 10.3. The molecule has 6 heteroatoms. The van der Waals surface area contributed by atoms with E-state index in [-0.39, 0.29) is 18.4 Å².